The van der Waals surface area contributed by atoms with Gasteiger partial charge >= 0.3 is 0 Å². The molecule has 0 aromatic heterocycles. The summed E-state index contributed by atoms with van der Waals surface area (Å²) in [6, 6.07) is 3.12. The van der Waals surface area contributed by atoms with Gasteiger partial charge in [-0.25, -0.2) is 0 Å². The topological polar surface area (TPSA) is 39.1 Å². The molecule has 0 aromatic carbocycles. The summed E-state index contributed by atoms with van der Waals surface area (Å²) >= 11 is 0. The third-order valence-electron chi connectivity index (χ3n) is 3.99. The lowest BCUT2D eigenvalue weighted by atomic mass is 9.91. The summed E-state index contributed by atoms with van der Waals surface area (Å²) in [5, 5.41) is 12.8. The predicted octanol–water partition coefficient (Wildman–Crippen LogP) is 3.17. The van der Waals surface area contributed by atoms with Gasteiger partial charge in [-0.15, -0.1) is 0 Å². The highest BCUT2D eigenvalue weighted by atomic mass is 15.1. The molecule has 0 aliphatic heterocycles. The van der Waals surface area contributed by atoms with Crippen LogP contribution in [-0.4, -0.2) is 36.6 Å². The first-order valence-electron chi connectivity index (χ1n) is 7.41. The number of nitrogens with one attached hydrogen (secondary N) is 1. The van der Waals surface area contributed by atoms with E-state index in [0.717, 1.165) is 38.8 Å². The first-order valence-corrected chi connectivity index (χ1v) is 7.41. The van der Waals surface area contributed by atoms with Gasteiger partial charge in [0.1, 0.15) is 5.54 Å². The second kappa shape index (κ2) is 9.35. The van der Waals surface area contributed by atoms with E-state index >= 15 is 0 Å². The lowest BCUT2D eigenvalue weighted by Gasteiger charge is -2.29. The molecule has 0 fully saturated rings. The van der Waals surface area contributed by atoms with Crippen molar-refractivity contribution < 1.29 is 0 Å². The minimum atomic E-state index is -0.313. The summed E-state index contributed by atoms with van der Waals surface area (Å²) in [5.74, 6) is 0. The number of nitriles is 1. The Bertz CT molecular complexity index is 247. The number of hydrogen-bond acceptors (Lipinski definition) is 3. The molecule has 0 bridgehead atoms. The third kappa shape index (κ3) is 5.84. The molecule has 0 rings (SSSR count). The molecular weight excluding hydrogens is 222 g/mol. The molecule has 2 unspecified atom stereocenters. The van der Waals surface area contributed by atoms with Gasteiger partial charge in [-0.3, -0.25) is 5.32 Å². The van der Waals surface area contributed by atoms with Crippen molar-refractivity contribution in [2.45, 2.75) is 71.4 Å². The second-order valence-electron chi connectivity index (χ2n) is 5.32. The van der Waals surface area contributed by atoms with Gasteiger partial charge in [0.2, 0.25) is 0 Å². The highest BCUT2D eigenvalue weighted by Crippen LogP contribution is 2.17. The Morgan fingerprint density at radius 1 is 1.33 bits per heavy atom. The summed E-state index contributed by atoms with van der Waals surface area (Å²) in [7, 11) is 2.17. The highest BCUT2D eigenvalue weighted by Gasteiger charge is 2.26. The van der Waals surface area contributed by atoms with Gasteiger partial charge in [0.25, 0.3) is 0 Å². The van der Waals surface area contributed by atoms with Crippen molar-refractivity contribution >= 4 is 0 Å². The normalized spacial score (nSPS) is 16.3. The van der Waals surface area contributed by atoms with Crippen LogP contribution in [0.25, 0.3) is 0 Å². The average Bonchev–Trinajstić information content (AvgIpc) is 2.41. The fraction of sp³-hybridized carbons (Fsp3) is 0.933. The van der Waals surface area contributed by atoms with Crippen LogP contribution in [0.3, 0.4) is 0 Å². The first kappa shape index (κ1) is 17.4. The molecule has 0 saturated carbocycles. The van der Waals surface area contributed by atoms with Gasteiger partial charge in [0, 0.05) is 6.04 Å². The SMILES string of the molecule is CCCNC(C#N)(CC)CCCN(C)C(C)CC. The zero-order valence-corrected chi connectivity index (χ0v) is 12.9. The molecule has 1 N–H and O–H groups in total. The molecule has 0 saturated heterocycles. The molecule has 0 aliphatic carbocycles. The van der Waals surface area contributed by atoms with E-state index in [4.69, 9.17) is 0 Å². The Morgan fingerprint density at radius 2 is 2.00 bits per heavy atom. The summed E-state index contributed by atoms with van der Waals surface area (Å²) in [6.45, 7) is 10.7. The van der Waals surface area contributed by atoms with Crippen molar-refractivity contribution in [3.63, 3.8) is 0 Å². The average molecular weight is 253 g/mol. The van der Waals surface area contributed by atoms with E-state index in [1.807, 2.05) is 0 Å². The summed E-state index contributed by atoms with van der Waals surface area (Å²) < 4.78 is 0. The monoisotopic (exact) mass is 253 g/mol. The van der Waals surface area contributed by atoms with Crippen molar-refractivity contribution in [3.05, 3.63) is 0 Å². The fourth-order valence-corrected chi connectivity index (χ4v) is 2.09. The molecule has 0 aliphatic rings. The van der Waals surface area contributed by atoms with Crippen molar-refractivity contribution in [3.8, 4) is 6.07 Å². The Labute approximate surface area is 114 Å². The Kier molecular flexibility index (Phi) is 9.05. The summed E-state index contributed by atoms with van der Waals surface area (Å²) in [4.78, 5) is 2.39. The van der Waals surface area contributed by atoms with Crippen molar-refractivity contribution in [2.75, 3.05) is 20.1 Å². The fourth-order valence-electron chi connectivity index (χ4n) is 2.09. The second-order valence-corrected chi connectivity index (χ2v) is 5.32. The molecule has 0 amide bonds. The van der Waals surface area contributed by atoms with Gasteiger partial charge in [0.15, 0.2) is 0 Å². The minimum absolute atomic E-state index is 0.313. The minimum Gasteiger partial charge on any atom is -0.304 e. The molecule has 3 nitrogen and oxygen atoms in total. The van der Waals surface area contributed by atoms with Crippen LogP contribution in [0.5, 0.6) is 0 Å². The molecule has 2 atom stereocenters. The quantitative estimate of drug-likeness (QED) is 0.650. The van der Waals surface area contributed by atoms with E-state index < -0.39 is 0 Å². The van der Waals surface area contributed by atoms with E-state index in [-0.39, 0.29) is 5.54 Å². The smallest absolute Gasteiger partial charge is 0.106 e. The Morgan fingerprint density at radius 3 is 2.44 bits per heavy atom. The van der Waals surface area contributed by atoms with Gasteiger partial charge in [-0.05, 0) is 59.2 Å². The van der Waals surface area contributed by atoms with E-state index in [1.165, 1.54) is 6.42 Å². The Balaban J connectivity index is 4.16. The maximum absolute atomic E-state index is 9.40. The molecule has 0 aromatic rings. The standard InChI is InChI=1S/C15H31N3/c1-6-11-17-15(8-3,13-16)10-9-12-18(5)14(4)7-2/h14,17H,6-12H2,1-5H3. The van der Waals surface area contributed by atoms with Gasteiger partial charge in [-0.2, -0.15) is 5.26 Å². The number of hydrogen-bond donors (Lipinski definition) is 1. The van der Waals surface area contributed by atoms with Crippen LogP contribution in [0.15, 0.2) is 0 Å². The zero-order valence-electron chi connectivity index (χ0n) is 12.9. The Hall–Kier alpha value is -0.590. The molecule has 0 radical (unpaired) electrons. The van der Waals surface area contributed by atoms with Crippen LogP contribution in [0.4, 0.5) is 0 Å². The predicted molar refractivity (Wildman–Crippen MR) is 78.5 cm³/mol. The van der Waals surface area contributed by atoms with Crippen LogP contribution in [0.1, 0.15) is 59.8 Å². The largest absolute Gasteiger partial charge is 0.304 e. The maximum atomic E-state index is 9.40. The van der Waals surface area contributed by atoms with Crippen LogP contribution in [-0.2, 0) is 0 Å². The molecule has 18 heavy (non-hydrogen) atoms. The van der Waals surface area contributed by atoms with Crippen LogP contribution in [0.2, 0.25) is 0 Å². The van der Waals surface area contributed by atoms with E-state index in [1.54, 1.807) is 0 Å². The first-order chi connectivity index (χ1) is 8.55. The molecular formula is C15H31N3. The van der Waals surface area contributed by atoms with Crippen LogP contribution >= 0.6 is 0 Å². The molecule has 0 heterocycles. The van der Waals surface area contributed by atoms with Crippen molar-refractivity contribution in [1.29, 1.82) is 5.26 Å². The molecule has 106 valence electrons. The van der Waals surface area contributed by atoms with Crippen molar-refractivity contribution in [1.82, 2.24) is 10.2 Å². The van der Waals surface area contributed by atoms with Gasteiger partial charge < -0.3 is 4.90 Å². The van der Waals surface area contributed by atoms with Crippen LogP contribution < -0.4 is 5.32 Å². The van der Waals surface area contributed by atoms with Crippen LogP contribution in [0, 0.1) is 11.3 Å². The maximum Gasteiger partial charge on any atom is 0.106 e. The molecule has 3 heteroatoms. The third-order valence-corrected chi connectivity index (χ3v) is 3.99. The number of nitrogens with zero attached hydrogens (tertiary/aromatic N) is 2. The molecule has 0 spiro atoms. The van der Waals surface area contributed by atoms with Crippen molar-refractivity contribution in [2.24, 2.45) is 0 Å². The van der Waals surface area contributed by atoms with Gasteiger partial charge in [-0.1, -0.05) is 20.8 Å². The van der Waals surface area contributed by atoms with E-state index in [2.05, 4.69) is 51.0 Å². The van der Waals surface area contributed by atoms with E-state index in [0.29, 0.717) is 6.04 Å². The number of rotatable bonds is 10. The highest BCUT2D eigenvalue weighted by molar-refractivity contribution is 5.06. The zero-order chi connectivity index (χ0) is 14.0. The lowest BCUT2D eigenvalue weighted by Crippen LogP contribution is -2.44. The van der Waals surface area contributed by atoms with Gasteiger partial charge in [0.05, 0.1) is 6.07 Å². The summed E-state index contributed by atoms with van der Waals surface area (Å²) in [6.07, 6.45) is 5.17. The summed E-state index contributed by atoms with van der Waals surface area (Å²) in [5.41, 5.74) is -0.313. The van der Waals surface area contributed by atoms with E-state index in [9.17, 15) is 5.26 Å². The lowest BCUT2D eigenvalue weighted by molar-refractivity contribution is 0.235.